The molecule has 3 aliphatic rings. The Morgan fingerprint density at radius 3 is 2.51 bits per heavy atom. The van der Waals surface area contributed by atoms with Crippen LogP contribution in [0, 0.1) is 5.92 Å². The molecule has 1 N–H and O–H groups in total. The third kappa shape index (κ3) is 4.43. The summed E-state index contributed by atoms with van der Waals surface area (Å²) in [4.78, 5) is 30.3. The van der Waals surface area contributed by atoms with Crippen LogP contribution in [0.15, 0.2) is 48.5 Å². The third-order valence-corrected chi connectivity index (χ3v) is 7.58. The second-order valence-electron chi connectivity index (χ2n) is 9.53. The second-order valence-corrected chi connectivity index (χ2v) is 9.53. The van der Waals surface area contributed by atoms with Gasteiger partial charge in [-0.05, 0) is 56.5 Å². The van der Waals surface area contributed by atoms with Gasteiger partial charge in [-0.2, -0.15) is 0 Å². The van der Waals surface area contributed by atoms with E-state index in [1.165, 1.54) is 4.90 Å². The molecule has 0 aliphatic carbocycles. The molecule has 0 bridgehead atoms. The zero-order valence-corrected chi connectivity index (χ0v) is 20.4. The highest BCUT2D eigenvalue weighted by molar-refractivity contribution is 6.07. The van der Waals surface area contributed by atoms with Gasteiger partial charge in [0.15, 0.2) is 17.6 Å². The number of imide groups is 1. The van der Waals surface area contributed by atoms with Gasteiger partial charge in [0.2, 0.25) is 0 Å². The summed E-state index contributed by atoms with van der Waals surface area (Å²) in [5.41, 5.74) is 0.299. The van der Waals surface area contributed by atoms with Gasteiger partial charge in [-0.3, -0.25) is 14.6 Å². The lowest BCUT2D eigenvalue weighted by Gasteiger charge is -2.40. The number of amides is 3. The highest BCUT2D eigenvalue weighted by Gasteiger charge is 2.55. The van der Waals surface area contributed by atoms with Crippen LogP contribution in [0.5, 0.6) is 17.2 Å². The van der Waals surface area contributed by atoms with Crippen molar-refractivity contribution in [3.63, 3.8) is 0 Å². The van der Waals surface area contributed by atoms with Gasteiger partial charge in [-0.15, -0.1) is 0 Å². The number of piperidine rings is 1. The van der Waals surface area contributed by atoms with Crippen molar-refractivity contribution in [1.82, 2.24) is 15.1 Å². The van der Waals surface area contributed by atoms with E-state index in [1.807, 2.05) is 49.4 Å². The Hall–Kier alpha value is -3.26. The Balaban J connectivity index is 1.23. The summed E-state index contributed by atoms with van der Waals surface area (Å²) in [5, 5.41) is 3.08. The summed E-state index contributed by atoms with van der Waals surface area (Å²) in [6, 6.07) is 15.2. The van der Waals surface area contributed by atoms with E-state index in [9.17, 15) is 9.59 Å². The Kier molecular flexibility index (Phi) is 6.56. The average molecular weight is 480 g/mol. The number of ether oxygens (including phenoxy) is 3. The number of para-hydroxylation sites is 3. The number of likely N-dealkylation sites (tertiary alicyclic amines) is 1. The number of nitrogens with zero attached hydrogens (tertiary/aromatic N) is 2. The van der Waals surface area contributed by atoms with E-state index in [4.69, 9.17) is 14.2 Å². The number of hydrogen-bond acceptors (Lipinski definition) is 6. The molecule has 8 nitrogen and oxygen atoms in total. The van der Waals surface area contributed by atoms with Crippen LogP contribution in [-0.4, -0.2) is 66.7 Å². The van der Waals surface area contributed by atoms with Crippen LogP contribution < -0.4 is 19.5 Å². The molecule has 0 spiro atoms. The number of carbonyl (C=O) groups excluding carboxylic acids is 2. The topological polar surface area (TPSA) is 80.3 Å². The van der Waals surface area contributed by atoms with Crippen LogP contribution in [0.3, 0.4) is 0 Å². The number of methoxy groups -OCH3 is 1. The highest BCUT2D eigenvalue weighted by atomic mass is 16.6. The molecule has 3 heterocycles. The van der Waals surface area contributed by atoms with Gasteiger partial charge in [0, 0.05) is 12.1 Å². The summed E-state index contributed by atoms with van der Waals surface area (Å²) in [7, 11) is 1.69. The Labute approximate surface area is 206 Å². The number of rotatable bonds is 7. The molecule has 2 atom stereocenters. The van der Waals surface area contributed by atoms with Crippen LogP contribution in [-0.2, 0) is 11.3 Å². The van der Waals surface area contributed by atoms with Crippen LogP contribution in [0.2, 0.25) is 0 Å². The first-order valence-corrected chi connectivity index (χ1v) is 12.4. The molecular formula is C27H33N3O5. The largest absolute Gasteiger partial charge is 0.496 e. The molecule has 0 unspecified atom stereocenters. The minimum atomic E-state index is -0.860. The maximum atomic E-state index is 13.7. The number of urea groups is 1. The van der Waals surface area contributed by atoms with E-state index in [0.717, 1.165) is 43.8 Å². The van der Waals surface area contributed by atoms with Gasteiger partial charge in [-0.1, -0.05) is 37.3 Å². The van der Waals surface area contributed by atoms with Crippen LogP contribution in [0.1, 0.15) is 31.7 Å². The molecule has 3 amide bonds. The lowest BCUT2D eigenvalue weighted by molar-refractivity contribution is -0.135. The normalized spacial score (nSPS) is 25.0. The third-order valence-electron chi connectivity index (χ3n) is 7.58. The minimum Gasteiger partial charge on any atom is -0.496 e. The average Bonchev–Trinajstić information content (AvgIpc) is 3.14. The summed E-state index contributed by atoms with van der Waals surface area (Å²) >= 11 is 0. The number of carbonyl (C=O) groups is 2. The van der Waals surface area contributed by atoms with Gasteiger partial charge < -0.3 is 19.5 Å². The molecule has 0 saturated carbocycles. The van der Waals surface area contributed by atoms with Crippen LogP contribution >= 0.6 is 0 Å². The van der Waals surface area contributed by atoms with Crippen molar-refractivity contribution in [3.8, 4) is 17.2 Å². The Bertz CT molecular complexity index is 1080. The molecule has 2 saturated heterocycles. The number of hydrogen-bond donors (Lipinski definition) is 1. The SMILES string of the molecule is CC[C@]1(C2CCN(Cc3ccccc3OC)CC2)NC(=O)N(C[C@@H]2COc3ccccc3O2)C1=O. The van der Waals surface area contributed by atoms with E-state index in [-0.39, 0.29) is 24.4 Å². The van der Waals surface area contributed by atoms with Gasteiger partial charge in [0.25, 0.3) is 5.91 Å². The quantitative estimate of drug-likeness (QED) is 0.613. The summed E-state index contributed by atoms with van der Waals surface area (Å²) in [6.45, 7) is 5.00. The predicted molar refractivity (Wildman–Crippen MR) is 131 cm³/mol. The molecule has 0 aromatic heterocycles. The Morgan fingerprint density at radius 1 is 1.06 bits per heavy atom. The number of nitrogens with one attached hydrogen (secondary N) is 1. The first-order valence-electron chi connectivity index (χ1n) is 12.4. The van der Waals surface area contributed by atoms with E-state index in [0.29, 0.717) is 24.5 Å². The molecule has 0 radical (unpaired) electrons. The van der Waals surface area contributed by atoms with E-state index < -0.39 is 11.6 Å². The summed E-state index contributed by atoms with van der Waals surface area (Å²) in [5.74, 6) is 2.16. The zero-order chi connectivity index (χ0) is 24.4. The van der Waals surface area contributed by atoms with Crippen LogP contribution in [0.25, 0.3) is 0 Å². The Morgan fingerprint density at radius 2 is 1.77 bits per heavy atom. The lowest BCUT2D eigenvalue weighted by Crippen LogP contribution is -2.56. The summed E-state index contributed by atoms with van der Waals surface area (Å²) < 4.78 is 17.3. The predicted octanol–water partition coefficient (Wildman–Crippen LogP) is 3.45. The maximum Gasteiger partial charge on any atom is 0.325 e. The van der Waals surface area contributed by atoms with Crippen molar-refractivity contribution in [1.29, 1.82) is 0 Å². The number of benzene rings is 2. The van der Waals surface area contributed by atoms with Gasteiger partial charge in [0.05, 0.1) is 13.7 Å². The van der Waals surface area contributed by atoms with Gasteiger partial charge >= 0.3 is 6.03 Å². The monoisotopic (exact) mass is 479 g/mol. The fraction of sp³-hybridized carbons (Fsp3) is 0.481. The van der Waals surface area contributed by atoms with E-state index in [2.05, 4.69) is 16.3 Å². The van der Waals surface area contributed by atoms with Crippen LogP contribution in [0.4, 0.5) is 4.79 Å². The molecule has 35 heavy (non-hydrogen) atoms. The maximum absolute atomic E-state index is 13.7. The second kappa shape index (κ2) is 9.77. The van der Waals surface area contributed by atoms with E-state index >= 15 is 0 Å². The van der Waals surface area contributed by atoms with E-state index in [1.54, 1.807) is 7.11 Å². The number of fused-ring (bicyclic) bond motifs is 1. The van der Waals surface area contributed by atoms with Crippen molar-refractivity contribution in [3.05, 3.63) is 54.1 Å². The van der Waals surface area contributed by atoms with Crippen molar-refractivity contribution >= 4 is 11.9 Å². The lowest BCUT2D eigenvalue weighted by atomic mass is 9.75. The highest BCUT2D eigenvalue weighted by Crippen LogP contribution is 2.37. The molecule has 2 fully saturated rings. The molecule has 3 aliphatic heterocycles. The fourth-order valence-corrected chi connectivity index (χ4v) is 5.63. The molecule has 8 heteroatoms. The molecule has 5 rings (SSSR count). The zero-order valence-electron chi connectivity index (χ0n) is 20.4. The first kappa shape index (κ1) is 23.5. The summed E-state index contributed by atoms with van der Waals surface area (Å²) in [6.07, 6.45) is 1.87. The van der Waals surface area contributed by atoms with Crippen molar-refractivity contribution < 1.29 is 23.8 Å². The fourth-order valence-electron chi connectivity index (χ4n) is 5.63. The standard InChI is InChI=1S/C27H33N3O5/c1-3-27(20-12-14-29(15-13-20)16-19-8-4-5-9-22(19)33-2)25(31)30(26(32)28-27)17-21-18-34-23-10-6-7-11-24(23)35-21/h4-11,20-21H,3,12-18H2,1-2H3,(H,28,32)/t21-,27-/m1/s1. The van der Waals surface area contributed by atoms with Crippen molar-refractivity contribution in [2.24, 2.45) is 5.92 Å². The first-order chi connectivity index (χ1) is 17.0. The smallest absolute Gasteiger partial charge is 0.325 e. The van der Waals surface area contributed by atoms with Gasteiger partial charge in [-0.25, -0.2) is 4.79 Å². The minimum absolute atomic E-state index is 0.0899. The molecule has 2 aromatic rings. The molecule has 2 aromatic carbocycles. The van der Waals surface area contributed by atoms with Crippen molar-refractivity contribution in [2.45, 2.75) is 44.4 Å². The molecule has 186 valence electrons. The van der Waals surface area contributed by atoms with Crippen molar-refractivity contribution in [2.75, 3.05) is 33.4 Å². The van der Waals surface area contributed by atoms with Gasteiger partial charge in [0.1, 0.15) is 17.9 Å². The molecular weight excluding hydrogens is 446 g/mol.